The molecule has 1 saturated heterocycles. The maximum atomic E-state index is 12.7. The number of fused-ring (bicyclic) bond motifs is 1. The van der Waals surface area contributed by atoms with Crippen molar-refractivity contribution in [3.63, 3.8) is 0 Å². The molecule has 1 saturated carbocycles. The molecule has 108 valence electrons. The Morgan fingerprint density at radius 3 is 2.70 bits per heavy atom. The second kappa shape index (κ2) is 4.96. The van der Waals surface area contributed by atoms with Gasteiger partial charge in [0.15, 0.2) is 0 Å². The fraction of sp³-hybridized carbons (Fsp3) is 0.600. The van der Waals surface area contributed by atoms with Gasteiger partial charge in [-0.25, -0.2) is 4.79 Å². The zero-order valence-electron chi connectivity index (χ0n) is 11.7. The highest BCUT2D eigenvalue weighted by molar-refractivity contribution is 5.96. The minimum absolute atomic E-state index is 0.104. The molecule has 1 aromatic rings. The monoisotopic (exact) mass is 276 g/mol. The van der Waals surface area contributed by atoms with E-state index in [4.69, 9.17) is 0 Å². The normalized spacial score (nSPS) is 29.2. The lowest BCUT2D eigenvalue weighted by Gasteiger charge is -2.33. The van der Waals surface area contributed by atoms with Gasteiger partial charge < -0.3 is 14.6 Å². The van der Waals surface area contributed by atoms with Gasteiger partial charge in [-0.1, -0.05) is 12.8 Å². The average molecular weight is 276 g/mol. The highest BCUT2D eigenvalue weighted by Crippen LogP contribution is 2.40. The third-order valence-corrected chi connectivity index (χ3v) is 4.77. The molecule has 1 aliphatic carbocycles. The van der Waals surface area contributed by atoms with Gasteiger partial charge in [0.25, 0.3) is 5.91 Å². The smallest absolute Gasteiger partial charge is 0.326 e. The zero-order chi connectivity index (χ0) is 14.3. The molecule has 2 heterocycles. The van der Waals surface area contributed by atoms with E-state index in [1.807, 2.05) is 19.3 Å². The lowest BCUT2D eigenvalue weighted by molar-refractivity contribution is -0.141. The number of aliphatic carboxylic acids is 1. The SMILES string of the molecule is Cn1cccc1C(=O)N1[C@@H]2CCCC[C@@H]2C[C@H]1C(=O)O. The van der Waals surface area contributed by atoms with Crippen molar-refractivity contribution < 1.29 is 14.7 Å². The van der Waals surface area contributed by atoms with E-state index in [0.717, 1.165) is 25.7 Å². The molecule has 0 spiro atoms. The van der Waals surface area contributed by atoms with Gasteiger partial charge >= 0.3 is 5.97 Å². The summed E-state index contributed by atoms with van der Waals surface area (Å²) in [6.45, 7) is 0. The molecule has 1 amide bonds. The van der Waals surface area contributed by atoms with Gasteiger partial charge in [-0.15, -0.1) is 0 Å². The largest absolute Gasteiger partial charge is 0.480 e. The highest BCUT2D eigenvalue weighted by Gasteiger charge is 2.47. The van der Waals surface area contributed by atoms with Gasteiger partial charge in [0.2, 0.25) is 0 Å². The van der Waals surface area contributed by atoms with Crippen LogP contribution in [0.5, 0.6) is 0 Å². The molecule has 5 nitrogen and oxygen atoms in total. The number of aromatic nitrogens is 1. The number of hydrogen-bond donors (Lipinski definition) is 1. The Hall–Kier alpha value is -1.78. The number of carboxylic acid groups (broad SMARTS) is 1. The third kappa shape index (κ3) is 2.01. The van der Waals surface area contributed by atoms with E-state index in [1.54, 1.807) is 15.5 Å². The van der Waals surface area contributed by atoms with Crippen LogP contribution >= 0.6 is 0 Å². The number of nitrogens with zero attached hydrogens (tertiary/aromatic N) is 2. The molecule has 2 fully saturated rings. The van der Waals surface area contributed by atoms with Crippen LogP contribution in [0.25, 0.3) is 0 Å². The number of aryl methyl sites for hydroxylation is 1. The number of carboxylic acids is 1. The lowest BCUT2D eigenvalue weighted by Crippen LogP contribution is -2.46. The number of likely N-dealkylation sites (tertiary alicyclic amines) is 1. The Bertz CT molecular complexity index is 537. The Morgan fingerprint density at radius 1 is 1.30 bits per heavy atom. The van der Waals surface area contributed by atoms with Gasteiger partial charge in [0.05, 0.1) is 0 Å². The number of rotatable bonds is 2. The molecule has 0 aromatic carbocycles. The van der Waals surface area contributed by atoms with Crippen LogP contribution in [0, 0.1) is 5.92 Å². The standard InChI is InChI=1S/C15H20N2O3/c1-16-8-4-7-12(16)14(18)17-11-6-3-2-5-10(11)9-13(17)15(19)20/h4,7-8,10-11,13H,2-3,5-6,9H2,1H3,(H,19,20)/t10-,11-,13+/m1/s1. The molecule has 1 aromatic heterocycles. The summed E-state index contributed by atoms with van der Waals surface area (Å²) in [6.07, 6.45) is 6.65. The van der Waals surface area contributed by atoms with Crippen molar-refractivity contribution in [3.8, 4) is 0 Å². The third-order valence-electron chi connectivity index (χ3n) is 4.77. The second-order valence-corrected chi connectivity index (χ2v) is 5.92. The van der Waals surface area contributed by atoms with Crippen molar-refractivity contribution >= 4 is 11.9 Å². The van der Waals surface area contributed by atoms with Crippen LogP contribution in [0.1, 0.15) is 42.6 Å². The fourth-order valence-corrected chi connectivity index (χ4v) is 3.79. The van der Waals surface area contributed by atoms with E-state index in [9.17, 15) is 14.7 Å². The van der Waals surface area contributed by atoms with E-state index in [2.05, 4.69) is 0 Å². The van der Waals surface area contributed by atoms with Crippen molar-refractivity contribution in [3.05, 3.63) is 24.0 Å². The minimum atomic E-state index is -0.873. The maximum absolute atomic E-state index is 12.7. The summed E-state index contributed by atoms with van der Waals surface area (Å²) in [5.41, 5.74) is 0.572. The van der Waals surface area contributed by atoms with E-state index in [-0.39, 0.29) is 11.9 Å². The Balaban J connectivity index is 1.93. The van der Waals surface area contributed by atoms with E-state index >= 15 is 0 Å². The zero-order valence-corrected chi connectivity index (χ0v) is 11.7. The summed E-state index contributed by atoms with van der Waals surface area (Å²) in [6, 6.07) is 3.02. The Kier molecular flexibility index (Phi) is 3.28. The molecule has 0 bridgehead atoms. The van der Waals surface area contributed by atoms with Crippen LogP contribution in [-0.4, -0.2) is 38.5 Å². The molecule has 0 unspecified atom stereocenters. The topological polar surface area (TPSA) is 62.5 Å². The van der Waals surface area contributed by atoms with Crippen LogP contribution in [0.4, 0.5) is 0 Å². The molecule has 5 heteroatoms. The summed E-state index contributed by atoms with van der Waals surface area (Å²) >= 11 is 0. The first kappa shape index (κ1) is 13.2. The first-order valence-electron chi connectivity index (χ1n) is 7.26. The van der Waals surface area contributed by atoms with E-state index in [0.29, 0.717) is 18.0 Å². The van der Waals surface area contributed by atoms with Crippen molar-refractivity contribution in [1.82, 2.24) is 9.47 Å². The lowest BCUT2D eigenvalue weighted by atomic mass is 9.84. The molecule has 20 heavy (non-hydrogen) atoms. The van der Waals surface area contributed by atoms with Gasteiger partial charge in [0.1, 0.15) is 11.7 Å². The first-order chi connectivity index (χ1) is 9.59. The van der Waals surface area contributed by atoms with Crippen molar-refractivity contribution in [2.75, 3.05) is 0 Å². The molecular weight excluding hydrogens is 256 g/mol. The number of amides is 1. The molecule has 1 N–H and O–H groups in total. The summed E-state index contributed by atoms with van der Waals surface area (Å²) < 4.78 is 1.76. The van der Waals surface area contributed by atoms with Gasteiger partial charge in [0, 0.05) is 19.3 Å². The van der Waals surface area contributed by atoms with Crippen LogP contribution in [0.15, 0.2) is 18.3 Å². The number of carbonyl (C=O) groups is 2. The quantitative estimate of drug-likeness (QED) is 0.897. The molecule has 3 rings (SSSR count). The predicted molar refractivity (Wildman–Crippen MR) is 73.4 cm³/mol. The molecule has 0 radical (unpaired) electrons. The van der Waals surface area contributed by atoms with Gasteiger partial charge in [-0.3, -0.25) is 4.79 Å². The van der Waals surface area contributed by atoms with Crippen molar-refractivity contribution in [2.45, 2.75) is 44.2 Å². The fourth-order valence-electron chi connectivity index (χ4n) is 3.79. The van der Waals surface area contributed by atoms with Crippen LogP contribution in [-0.2, 0) is 11.8 Å². The van der Waals surface area contributed by atoms with Crippen LogP contribution in [0.3, 0.4) is 0 Å². The second-order valence-electron chi connectivity index (χ2n) is 5.92. The van der Waals surface area contributed by atoms with Crippen molar-refractivity contribution in [1.29, 1.82) is 0 Å². The van der Waals surface area contributed by atoms with Gasteiger partial charge in [-0.2, -0.15) is 0 Å². The average Bonchev–Trinajstić information content (AvgIpc) is 3.01. The summed E-state index contributed by atoms with van der Waals surface area (Å²) in [4.78, 5) is 25.9. The minimum Gasteiger partial charge on any atom is -0.480 e. The first-order valence-corrected chi connectivity index (χ1v) is 7.26. The summed E-state index contributed by atoms with van der Waals surface area (Å²) in [5, 5.41) is 9.45. The Morgan fingerprint density at radius 2 is 2.05 bits per heavy atom. The van der Waals surface area contributed by atoms with Gasteiger partial charge in [-0.05, 0) is 37.3 Å². The summed E-state index contributed by atoms with van der Waals surface area (Å²) in [5.74, 6) is -0.657. The van der Waals surface area contributed by atoms with Crippen LogP contribution in [0.2, 0.25) is 0 Å². The number of hydrogen-bond acceptors (Lipinski definition) is 2. The molecule has 3 atom stereocenters. The van der Waals surface area contributed by atoms with E-state index < -0.39 is 12.0 Å². The highest BCUT2D eigenvalue weighted by atomic mass is 16.4. The van der Waals surface area contributed by atoms with Crippen molar-refractivity contribution in [2.24, 2.45) is 13.0 Å². The molecular formula is C15H20N2O3. The predicted octanol–water partition coefficient (Wildman–Crippen LogP) is 1.88. The molecule has 1 aliphatic heterocycles. The molecule has 2 aliphatic rings. The number of carbonyl (C=O) groups excluding carboxylic acids is 1. The summed E-state index contributed by atoms with van der Waals surface area (Å²) in [7, 11) is 1.82. The van der Waals surface area contributed by atoms with Crippen LogP contribution < -0.4 is 0 Å². The maximum Gasteiger partial charge on any atom is 0.326 e. The van der Waals surface area contributed by atoms with E-state index in [1.165, 1.54) is 0 Å². The Labute approximate surface area is 118 Å².